The van der Waals surface area contributed by atoms with Gasteiger partial charge in [0, 0.05) is 11.1 Å². The minimum atomic E-state index is -0.0124. The highest BCUT2D eigenvalue weighted by molar-refractivity contribution is 6.10. The van der Waals surface area contributed by atoms with E-state index in [4.69, 9.17) is 0 Å². The van der Waals surface area contributed by atoms with Gasteiger partial charge >= 0.3 is 0 Å². The second kappa shape index (κ2) is 4.24. The fraction of sp³-hybridized carbons (Fsp3) is 0.353. The molecular formula is C17H20O. The van der Waals surface area contributed by atoms with E-state index < -0.39 is 0 Å². The van der Waals surface area contributed by atoms with Gasteiger partial charge in [0.1, 0.15) is 0 Å². The van der Waals surface area contributed by atoms with Crippen LogP contribution in [0, 0.1) is 10.8 Å². The summed E-state index contributed by atoms with van der Waals surface area (Å²) >= 11 is 0. The first-order valence-corrected chi connectivity index (χ1v) is 6.35. The van der Waals surface area contributed by atoms with Crippen LogP contribution >= 0.6 is 0 Å². The van der Waals surface area contributed by atoms with Crippen LogP contribution in [0.5, 0.6) is 0 Å². The summed E-state index contributed by atoms with van der Waals surface area (Å²) in [7, 11) is 0. The van der Waals surface area contributed by atoms with Crippen molar-refractivity contribution in [3.05, 3.63) is 59.7 Å². The molecule has 0 N–H and O–H groups in total. The number of ketones is 1. The van der Waals surface area contributed by atoms with Crippen molar-refractivity contribution in [2.75, 3.05) is 0 Å². The maximum absolute atomic E-state index is 12.4. The number of hydrogen-bond donors (Lipinski definition) is 0. The maximum Gasteiger partial charge on any atom is 0.192 e. The van der Waals surface area contributed by atoms with Gasteiger partial charge < -0.3 is 0 Å². The molecule has 0 fully saturated rings. The lowest BCUT2D eigenvalue weighted by atomic mass is 9.64. The first kappa shape index (κ1) is 12.8. The lowest BCUT2D eigenvalue weighted by Gasteiger charge is -2.40. The van der Waals surface area contributed by atoms with Crippen LogP contribution in [0.25, 0.3) is 0 Å². The van der Waals surface area contributed by atoms with Crippen molar-refractivity contribution in [2.45, 2.75) is 27.7 Å². The molecule has 0 aromatic heterocycles. The lowest BCUT2D eigenvalue weighted by molar-refractivity contribution is 0.103. The quantitative estimate of drug-likeness (QED) is 0.699. The zero-order valence-electron chi connectivity index (χ0n) is 11.5. The minimum Gasteiger partial charge on any atom is -0.289 e. The molecule has 0 radical (unpaired) electrons. The van der Waals surface area contributed by atoms with E-state index in [1.807, 2.05) is 36.4 Å². The first-order chi connectivity index (χ1) is 8.33. The molecule has 18 heavy (non-hydrogen) atoms. The number of rotatable bonds is 2. The van der Waals surface area contributed by atoms with Gasteiger partial charge in [0.15, 0.2) is 5.78 Å². The summed E-state index contributed by atoms with van der Waals surface area (Å²) in [5, 5.41) is 0. The van der Waals surface area contributed by atoms with E-state index in [9.17, 15) is 4.79 Å². The molecule has 1 heteroatoms. The zero-order valence-corrected chi connectivity index (χ0v) is 11.5. The molecule has 1 aromatic rings. The number of Topliss-reactive ketones (excluding diaryl/α,β-unsaturated/α-hetero) is 1. The Kier molecular flexibility index (Phi) is 3.02. The van der Waals surface area contributed by atoms with Gasteiger partial charge in [-0.3, -0.25) is 4.79 Å². The Labute approximate surface area is 109 Å². The number of hydrogen-bond acceptors (Lipinski definition) is 1. The molecule has 1 aliphatic rings. The van der Waals surface area contributed by atoms with Crippen LogP contribution in [-0.4, -0.2) is 5.78 Å². The fourth-order valence-corrected chi connectivity index (χ4v) is 2.03. The van der Waals surface area contributed by atoms with E-state index in [0.717, 1.165) is 11.1 Å². The Morgan fingerprint density at radius 3 is 2.11 bits per heavy atom. The standard InChI is InChI=1S/C17H20O/c1-16(2)11-10-14(12-17(16,3)4)15(18)13-8-6-5-7-9-13/h5-12H,1-4H3. The second-order valence-electron chi connectivity index (χ2n) is 6.07. The third kappa shape index (κ3) is 2.17. The molecule has 2 rings (SSSR count). The average molecular weight is 240 g/mol. The summed E-state index contributed by atoms with van der Waals surface area (Å²) in [4.78, 5) is 12.4. The lowest BCUT2D eigenvalue weighted by Crippen LogP contribution is -2.32. The molecule has 1 aromatic carbocycles. The van der Waals surface area contributed by atoms with Gasteiger partial charge in [-0.2, -0.15) is 0 Å². The van der Waals surface area contributed by atoms with Crippen molar-refractivity contribution >= 4 is 5.78 Å². The summed E-state index contributed by atoms with van der Waals surface area (Å²) in [5.74, 6) is 0.107. The minimum absolute atomic E-state index is 0.0124. The summed E-state index contributed by atoms with van der Waals surface area (Å²) in [6.07, 6.45) is 6.20. The van der Waals surface area contributed by atoms with Crippen molar-refractivity contribution in [2.24, 2.45) is 10.8 Å². The van der Waals surface area contributed by atoms with Gasteiger partial charge in [-0.25, -0.2) is 0 Å². The Hall–Kier alpha value is -1.63. The number of carbonyl (C=O) groups excluding carboxylic acids is 1. The van der Waals surface area contributed by atoms with Gasteiger partial charge in [0.25, 0.3) is 0 Å². The third-order valence-electron chi connectivity index (χ3n) is 4.15. The Bertz CT molecular complexity index is 516. The highest BCUT2D eigenvalue weighted by Gasteiger charge is 2.36. The molecule has 0 saturated heterocycles. The van der Waals surface area contributed by atoms with Gasteiger partial charge in [0.2, 0.25) is 0 Å². The van der Waals surface area contributed by atoms with Gasteiger partial charge in [0.05, 0.1) is 0 Å². The van der Waals surface area contributed by atoms with Crippen LogP contribution in [0.15, 0.2) is 54.1 Å². The third-order valence-corrected chi connectivity index (χ3v) is 4.15. The van der Waals surface area contributed by atoms with E-state index in [1.54, 1.807) is 0 Å². The van der Waals surface area contributed by atoms with E-state index >= 15 is 0 Å². The smallest absolute Gasteiger partial charge is 0.192 e. The van der Waals surface area contributed by atoms with Crippen LogP contribution in [0.4, 0.5) is 0 Å². The Morgan fingerprint density at radius 2 is 1.56 bits per heavy atom. The molecule has 0 atom stereocenters. The van der Waals surface area contributed by atoms with E-state index in [0.29, 0.717) is 0 Å². The van der Waals surface area contributed by atoms with Crippen LogP contribution in [0.2, 0.25) is 0 Å². The van der Waals surface area contributed by atoms with Crippen LogP contribution in [0.1, 0.15) is 38.1 Å². The first-order valence-electron chi connectivity index (χ1n) is 6.35. The summed E-state index contributed by atoms with van der Waals surface area (Å²) in [6, 6.07) is 9.45. The molecule has 0 heterocycles. The monoisotopic (exact) mass is 240 g/mol. The highest BCUT2D eigenvalue weighted by atomic mass is 16.1. The summed E-state index contributed by atoms with van der Waals surface area (Å²) in [6.45, 7) is 8.75. The topological polar surface area (TPSA) is 17.1 Å². The predicted octanol–water partition coefficient (Wildman–Crippen LogP) is 4.42. The molecule has 1 aliphatic carbocycles. The van der Waals surface area contributed by atoms with Gasteiger partial charge in [-0.15, -0.1) is 0 Å². The van der Waals surface area contributed by atoms with Crippen LogP contribution in [0.3, 0.4) is 0 Å². The SMILES string of the molecule is CC1(C)C=CC(C(=O)c2ccccc2)=CC1(C)C. The summed E-state index contributed by atoms with van der Waals surface area (Å²) in [5.41, 5.74) is 1.61. The van der Waals surface area contributed by atoms with Crippen molar-refractivity contribution in [3.8, 4) is 0 Å². The maximum atomic E-state index is 12.4. The number of carbonyl (C=O) groups is 1. The molecule has 94 valence electrons. The molecule has 0 spiro atoms. The molecular weight excluding hydrogens is 220 g/mol. The molecule has 1 nitrogen and oxygen atoms in total. The molecule has 0 unspecified atom stereocenters. The second-order valence-corrected chi connectivity index (χ2v) is 6.07. The Balaban J connectivity index is 2.35. The van der Waals surface area contributed by atoms with Gasteiger partial charge in [-0.05, 0) is 10.8 Å². The normalized spacial score (nSPS) is 20.3. The average Bonchev–Trinajstić information content (AvgIpc) is 2.33. The van der Waals surface area contributed by atoms with Gasteiger partial charge in [-0.1, -0.05) is 76.3 Å². The van der Waals surface area contributed by atoms with Crippen LogP contribution in [-0.2, 0) is 0 Å². The Morgan fingerprint density at radius 1 is 0.944 bits per heavy atom. The predicted molar refractivity (Wildman–Crippen MR) is 75.6 cm³/mol. The van der Waals surface area contributed by atoms with Crippen molar-refractivity contribution in [1.29, 1.82) is 0 Å². The van der Waals surface area contributed by atoms with E-state index in [2.05, 4.69) is 39.8 Å². The number of benzene rings is 1. The van der Waals surface area contributed by atoms with Crippen molar-refractivity contribution in [1.82, 2.24) is 0 Å². The van der Waals surface area contributed by atoms with E-state index in [-0.39, 0.29) is 16.6 Å². The van der Waals surface area contributed by atoms with E-state index in [1.165, 1.54) is 0 Å². The number of allylic oxidation sites excluding steroid dienone is 4. The zero-order chi connectivity index (χ0) is 13.4. The molecule has 0 aliphatic heterocycles. The summed E-state index contributed by atoms with van der Waals surface area (Å²) < 4.78 is 0. The molecule has 0 bridgehead atoms. The van der Waals surface area contributed by atoms with Crippen molar-refractivity contribution < 1.29 is 4.79 Å². The molecule has 0 amide bonds. The van der Waals surface area contributed by atoms with Crippen molar-refractivity contribution in [3.63, 3.8) is 0 Å². The molecule has 0 saturated carbocycles. The van der Waals surface area contributed by atoms with Crippen LogP contribution < -0.4 is 0 Å². The fourth-order valence-electron chi connectivity index (χ4n) is 2.03. The largest absolute Gasteiger partial charge is 0.289 e. The highest BCUT2D eigenvalue weighted by Crippen LogP contribution is 2.44.